The molecule has 0 saturated carbocycles. The van der Waals surface area contributed by atoms with E-state index in [1.54, 1.807) is 0 Å². The minimum absolute atomic E-state index is 0.148. The summed E-state index contributed by atoms with van der Waals surface area (Å²) in [7, 11) is 0. The van der Waals surface area contributed by atoms with Crippen LogP contribution < -0.4 is 5.32 Å². The van der Waals surface area contributed by atoms with Crippen molar-refractivity contribution in [2.45, 2.75) is 6.92 Å². The van der Waals surface area contributed by atoms with Crippen LogP contribution in [0.2, 0.25) is 0 Å². The van der Waals surface area contributed by atoms with Gasteiger partial charge in [0, 0.05) is 13.4 Å². The van der Waals surface area contributed by atoms with Crippen molar-refractivity contribution in [3.8, 4) is 0 Å². The van der Waals surface area contributed by atoms with Crippen molar-refractivity contribution in [2.75, 3.05) is 5.32 Å². The zero-order valence-electron chi connectivity index (χ0n) is 8.83. The van der Waals surface area contributed by atoms with Crippen LogP contribution in [0.1, 0.15) is 16.1 Å². The average Bonchev–Trinajstić information content (AvgIpc) is 2.67. The van der Waals surface area contributed by atoms with Gasteiger partial charge in [-0.05, 0) is 63.6 Å². The second-order valence-electron chi connectivity index (χ2n) is 3.37. The number of halogens is 2. The molecule has 3 nitrogen and oxygen atoms in total. The Morgan fingerprint density at radius 1 is 1.53 bits per heavy atom. The molecule has 1 amide bonds. The number of carbonyl (C=O) groups is 1. The number of aromatic nitrogens is 1. The largest absolute Gasteiger partial charge is 0.298 e. The minimum Gasteiger partial charge on any atom is -0.298 e. The second-order valence-corrected chi connectivity index (χ2v) is 6.33. The molecule has 0 radical (unpaired) electrons. The van der Waals surface area contributed by atoms with Crippen LogP contribution in [0.3, 0.4) is 0 Å². The number of carbonyl (C=O) groups excluding carboxylic acids is 1. The predicted octanol–water partition coefficient (Wildman–Crippen LogP) is 4.07. The summed E-state index contributed by atoms with van der Waals surface area (Å²) in [5.74, 6) is -0.148. The van der Waals surface area contributed by atoms with Crippen LogP contribution in [0.25, 0.3) is 0 Å². The summed E-state index contributed by atoms with van der Waals surface area (Å²) in [5, 5.41) is 5.31. The lowest BCUT2D eigenvalue weighted by Crippen LogP contribution is -2.12. The van der Waals surface area contributed by atoms with Gasteiger partial charge in [-0.1, -0.05) is 0 Å². The highest BCUT2D eigenvalue weighted by Gasteiger charge is 2.12. The van der Waals surface area contributed by atoms with Crippen molar-refractivity contribution in [2.24, 2.45) is 0 Å². The van der Waals surface area contributed by atoms with Gasteiger partial charge in [0.05, 0.1) is 11.3 Å². The second kappa shape index (κ2) is 5.45. The number of benzene rings is 1. The number of rotatable bonds is 2. The molecule has 2 rings (SSSR count). The molecule has 2 aromatic rings. The van der Waals surface area contributed by atoms with E-state index in [0.29, 0.717) is 10.7 Å². The van der Waals surface area contributed by atoms with Gasteiger partial charge in [-0.25, -0.2) is 4.98 Å². The van der Waals surface area contributed by atoms with Gasteiger partial charge >= 0.3 is 0 Å². The van der Waals surface area contributed by atoms with Crippen molar-refractivity contribution in [1.29, 1.82) is 0 Å². The predicted molar refractivity (Wildman–Crippen MR) is 81.7 cm³/mol. The van der Waals surface area contributed by atoms with E-state index in [1.807, 2.05) is 30.5 Å². The SMILES string of the molecule is Cc1csc(NC(=O)c2cc(I)ccc2Br)n1. The summed E-state index contributed by atoms with van der Waals surface area (Å²) in [5.41, 5.74) is 1.52. The first kappa shape index (κ1) is 13.0. The van der Waals surface area contributed by atoms with Gasteiger partial charge in [-0.15, -0.1) is 11.3 Å². The quantitative estimate of drug-likeness (QED) is 0.741. The molecular weight excluding hydrogens is 415 g/mol. The number of anilines is 1. The van der Waals surface area contributed by atoms with E-state index >= 15 is 0 Å². The number of aryl methyl sites for hydroxylation is 1. The van der Waals surface area contributed by atoms with Crippen LogP contribution in [-0.2, 0) is 0 Å². The number of amides is 1. The zero-order chi connectivity index (χ0) is 12.4. The Labute approximate surface area is 125 Å². The fourth-order valence-electron chi connectivity index (χ4n) is 1.25. The van der Waals surface area contributed by atoms with Gasteiger partial charge in [-0.2, -0.15) is 0 Å². The molecule has 1 aromatic carbocycles. The van der Waals surface area contributed by atoms with E-state index in [-0.39, 0.29) is 5.91 Å². The molecule has 1 heterocycles. The van der Waals surface area contributed by atoms with Crippen molar-refractivity contribution in [3.05, 3.63) is 42.9 Å². The Balaban J connectivity index is 2.22. The maximum absolute atomic E-state index is 12.0. The van der Waals surface area contributed by atoms with Crippen LogP contribution in [0.4, 0.5) is 5.13 Å². The maximum atomic E-state index is 12.0. The molecular formula is C11H8BrIN2OS. The normalized spacial score (nSPS) is 10.3. The average molecular weight is 423 g/mol. The summed E-state index contributed by atoms with van der Waals surface area (Å²) in [6.07, 6.45) is 0. The topological polar surface area (TPSA) is 42.0 Å². The van der Waals surface area contributed by atoms with Gasteiger partial charge in [0.2, 0.25) is 0 Å². The van der Waals surface area contributed by atoms with Crippen LogP contribution >= 0.6 is 49.9 Å². The summed E-state index contributed by atoms with van der Waals surface area (Å²) in [6.45, 7) is 1.90. The van der Waals surface area contributed by atoms with Crippen molar-refractivity contribution in [1.82, 2.24) is 4.98 Å². The van der Waals surface area contributed by atoms with Crippen LogP contribution in [0.15, 0.2) is 28.1 Å². The zero-order valence-corrected chi connectivity index (χ0v) is 13.4. The van der Waals surface area contributed by atoms with E-state index in [9.17, 15) is 4.79 Å². The molecule has 1 aromatic heterocycles. The third kappa shape index (κ3) is 3.26. The van der Waals surface area contributed by atoms with Crippen molar-refractivity contribution in [3.63, 3.8) is 0 Å². The lowest BCUT2D eigenvalue weighted by molar-refractivity contribution is 0.102. The molecule has 0 saturated heterocycles. The third-order valence-corrected chi connectivity index (χ3v) is 4.25. The highest BCUT2D eigenvalue weighted by molar-refractivity contribution is 14.1. The van der Waals surface area contributed by atoms with Gasteiger partial charge in [-0.3, -0.25) is 10.1 Å². The van der Waals surface area contributed by atoms with Gasteiger partial charge in [0.25, 0.3) is 5.91 Å². The summed E-state index contributed by atoms with van der Waals surface area (Å²) >= 11 is 6.97. The Kier molecular flexibility index (Phi) is 4.16. The molecule has 0 fully saturated rings. The molecule has 0 spiro atoms. The summed E-state index contributed by atoms with van der Waals surface area (Å²) < 4.78 is 1.80. The Morgan fingerprint density at radius 3 is 2.94 bits per heavy atom. The molecule has 0 unspecified atom stereocenters. The molecule has 0 aliphatic rings. The van der Waals surface area contributed by atoms with E-state index in [2.05, 4.69) is 48.8 Å². The molecule has 0 atom stereocenters. The van der Waals surface area contributed by atoms with Crippen LogP contribution in [0.5, 0.6) is 0 Å². The lowest BCUT2D eigenvalue weighted by atomic mass is 10.2. The molecule has 0 aliphatic carbocycles. The highest BCUT2D eigenvalue weighted by atomic mass is 127. The number of thiazole rings is 1. The van der Waals surface area contributed by atoms with Crippen LogP contribution in [-0.4, -0.2) is 10.9 Å². The van der Waals surface area contributed by atoms with Crippen molar-refractivity contribution >= 4 is 60.9 Å². The van der Waals surface area contributed by atoms with E-state index in [1.165, 1.54) is 11.3 Å². The smallest absolute Gasteiger partial charge is 0.258 e. The molecule has 0 aliphatic heterocycles. The number of hydrogen-bond acceptors (Lipinski definition) is 3. The fourth-order valence-corrected chi connectivity index (χ4v) is 2.85. The third-order valence-electron chi connectivity index (χ3n) is 2.01. The standard InChI is InChI=1S/C11H8BrIN2OS/c1-6-5-17-11(14-6)15-10(16)8-4-7(13)2-3-9(8)12/h2-5H,1H3,(H,14,15,16). The fraction of sp³-hybridized carbons (Fsp3) is 0.0909. The number of hydrogen-bond donors (Lipinski definition) is 1. The molecule has 0 bridgehead atoms. The lowest BCUT2D eigenvalue weighted by Gasteiger charge is -2.04. The van der Waals surface area contributed by atoms with E-state index in [0.717, 1.165) is 13.7 Å². The first-order chi connectivity index (χ1) is 8.06. The minimum atomic E-state index is -0.148. The Bertz CT molecular complexity index is 570. The Hall–Kier alpha value is -0.470. The molecule has 6 heteroatoms. The maximum Gasteiger partial charge on any atom is 0.258 e. The number of nitrogens with one attached hydrogen (secondary N) is 1. The molecule has 88 valence electrons. The highest BCUT2D eigenvalue weighted by Crippen LogP contribution is 2.22. The van der Waals surface area contributed by atoms with Gasteiger partial charge in [0.15, 0.2) is 5.13 Å². The molecule has 1 N–H and O–H groups in total. The first-order valence-electron chi connectivity index (χ1n) is 4.75. The molecule has 17 heavy (non-hydrogen) atoms. The van der Waals surface area contributed by atoms with Crippen LogP contribution in [0, 0.1) is 10.5 Å². The van der Waals surface area contributed by atoms with E-state index in [4.69, 9.17) is 0 Å². The summed E-state index contributed by atoms with van der Waals surface area (Å²) in [6, 6.07) is 5.64. The Morgan fingerprint density at radius 2 is 2.29 bits per heavy atom. The van der Waals surface area contributed by atoms with Gasteiger partial charge in [0.1, 0.15) is 0 Å². The summed E-state index contributed by atoms with van der Waals surface area (Å²) in [4.78, 5) is 16.2. The first-order valence-corrected chi connectivity index (χ1v) is 7.50. The van der Waals surface area contributed by atoms with E-state index < -0.39 is 0 Å². The number of nitrogens with zero attached hydrogens (tertiary/aromatic N) is 1. The monoisotopic (exact) mass is 422 g/mol. The van der Waals surface area contributed by atoms with Gasteiger partial charge < -0.3 is 0 Å². The van der Waals surface area contributed by atoms with Crippen molar-refractivity contribution < 1.29 is 4.79 Å².